The molecule has 1 rings (SSSR count). The van der Waals surface area contributed by atoms with Gasteiger partial charge < -0.3 is 10.2 Å². The molecule has 0 aliphatic carbocycles. The molecular formula is C11H18BrNO. The monoisotopic (exact) mass is 259 g/mol. The Kier molecular flexibility index (Phi) is 5.26. The Morgan fingerprint density at radius 1 is 1.43 bits per heavy atom. The van der Waals surface area contributed by atoms with Crippen LogP contribution in [0.15, 0.2) is 21.4 Å². The summed E-state index contributed by atoms with van der Waals surface area (Å²) in [6.07, 6.45) is 7.76. The zero-order chi connectivity index (χ0) is 10.4. The van der Waals surface area contributed by atoms with Gasteiger partial charge in [0.2, 0.25) is 0 Å². The molecule has 0 radical (unpaired) electrons. The van der Waals surface area contributed by atoms with Crippen molar-refractivity contribution >= 4 is 15.9 Å². The van der Waals surface area contributed by atoms with E-state index in [1.54, 1.807) is 6.26 Å². The summed E-state index contributed by atoms with van der Waals surface area (Å²) < 4.78 is 5.93. The molecule has 2 N–H and O–H groups in total. The average Bonchev–Trinajstić information content (AvgIpc) is 2.59. The maximum absolute atomic E-state index is 6.03. The molecule has 0 aliphatic heterocycles. The van der Waals surface area contributed by atoms with Gasteiger partial charge in [-0.05, 0) is 28.4 Å². The van der Waals surface area contributed by atoms with Crippen molar-refractivity contribution in [3.8, 4) is 0 Å². The van der Waals surface area contributed by atoms with Gasteiger partial charge >= 0.3 is 0 Å². The predicted octanol–water partition coefficient (Wildman–Crippen LogP) is 4.01. The molecule has 0 aliphatic rings. The molecule has 1 aromatic heterocycles. The number of halogens is 1. The minimum Gasteiger partial charge on any atom is -0.457 e. The van der Waals surface area contributed by atoms with E-state index in [1.807, 2.05) is 6.07 Å². The summed E-state index contributed by atoms with van der Waals surface area (Å²) in [5.74, 6) is 0. The van der Waals surface area contributed by atoms with Gasteiger partial charge in [-0.2, -0.15) is 0 Å². The third-order valence-electron chi connectivity index (χ3n) is 2.41. The lowest BCUT2D eigenvalue weighted by atomic mass is 10.0. The van der Waals surface area contributed by atoms with Crippen molar-refractivity contribution in [2.75, 3.05) is 0 Å². The summed E-state index contributed by atoms with van der Waals surface area (Å²) in [6.45, 7) is 2.21. The molecule has 3 heteroatoms. The Labute approximate surface area is 94.0 Å². The first-order chi connectivity index (χ1) is 6.75. The van der Waals surface area contributed by atoms with Crippen LogP contribution in [-0.4, -0.2) is 0 Å². The minimum absolute atomic E-state index is 0.111. The Morgan fingerprint density at radius 2 is 2.21 bits per heavy atom. The van der Waals surface area contributed by atoms with Gasteiger partial charge in [0.25, 0.3) is 0 Å². The summed E-state index contributed by atoms with van der Waals surface area (Å²) >= 11 is 3.34. The molecule has 1 heterocycles. The van der Waals surface area contributed by atoms with Crippen LogP contribution < -0.4 is 5.73 Å². The van der Waals surface area contributed by atoms with Gasteiger partial charge in [-0.15, -0.1) is 0 Å². The summed E-state index contributed by atoms with van der Waals surface area (Å²) in [4.78, 5) is 0. The zero-order valence-corrected chi connectivity index (χ0v) is 10.2. The van der Waals surface area contributed by atoms with Crippen LogP contribution in [0.1, 0.15) is 50.6 Å². The number of hydrogen-bond donors (Lipinski definition) is 1. The van der Waals surface area contributed by atoms with Crippen LogP contribution in [-0.2, 0) is 0 Å². The zero-order valence-electron chi connectivity index (χ0n) is 8.63. The van der Waals surface area contributed by atoms with E-state index >= 15 is 0 Å². The van der Waals surface area contributed by atoms with Crippen molar-refractivity contribution in [1.82, 2.24) is 0 Å². The molecule has 1 aromatic rings. The lowest BCUT2D eigenvalue weighted by Crippen LogP contribution is -2.09. The molecule has 0 bridgehead atoms. The highest BCUT2D eigenvalue weighted by molar-refractivity contribution is 9.10. The predicted molar refractivity (Wildman–Crippen MR) is 62.1 cm³/mol. The topological polar surface area (TPSA) is 39.2 Å². The number of hydrogen-bond acceptors (Lipinski definition) is 2. The fourth-order valence-corrected chi connectivity index (χ4v) is 2.05. The highest BCUT2D eigenvalue weighted by Crippen LogP contribution is 2.26. The highest BCUT2D eigenvalue weighted by Gasteiger charge is 2.11. The van der Waals surface area contributed by atoms with Gasteiger partial charge in [0.1, 0.15) is 0 Å². The number of unbranched alkanes of at least 4 members (excludes halogenated alkanes) is 3. The van der Waals surface area contributed by atoms with Crippen molar-refractivity contribution in [1.29, 1.82) is 0 Å². The van der Waals surface area contributed by atoms with E-state index in [-0.39, 0.29) is 6.04 Å². The smallest absolute Gasteiger partial charge is 0.173 e. The Morgan fingerprint density at radius 3 is 2.79 bits per heavy atom. The Hall–Kier alpha value is -0.280. The fraction of sp³-hybridized carbons (Fsp3) is 0.636. The molecule has 1 atom stereocenters. The molecule has 0 saturated carbocycles. The first-order valence-electron chi connectivity index (χ1n) is 5.24. The number of nitrogens with two attached hydrogens (primary N) is 1. The quantitative estimate of drug-likeness (QED) is 0.785. The first kappa shape index (κ1) is 11.8. The van der Waals surface area contributed by atoms with Gasteiger partial charge in [-0.3, -0.25) is 0 Å². The molecule has 80 valence electrons. The molecule has 1 unspecified atom stereocenters. The van der Waals surface area contributed by atoms with Crippen LogP contribution in [0, 0.1) is 0 Å². The molecule has 14 heavy (non-hydrogen) atoms. The van der Waals surface area contributed by atoms with Crippen LogP contribution in [0.5, 0.6) is 0 Å². The van der Waals surface area contributed by atoms with Crippen LogP contribution in [0.4, 0.5) is 0 Å². The van der Waals surface area contributed by atoms with Gasteiger partial charge in [-0.25, -0.2) is 0 Å². The molecule has 0 fully saturated rings. The Bertz CT molecular complexity index is 260. The van der Waals surface area contributed by atoms with E-state index in [4.69, 9.17) is 10.2 Å². The summed E-state index contributed by atoms with van der Waals surface area (Å²) in [5, 5.41) is 0. The van der Waals surface area contributed by atoms with Crippen LogP contribution in [0.2, 0.25) is 0 Å². The molecule has 0 aromatic carbocycles. The first-order valence-corrected chi connectivity index (χ1v) is 6.03. The maximum Gasteiger partial charge on any atom is 0.173 e. The largest absolute Gasteiger partial charge is 0.457 e. The van der Waals surface area contributed by atoms with Crippen molar-refractivity contribution < 1.29 is 4.42 Å². The maximum atomic E-state index is 6.03. The van der Waals surface area contributed by atoms with E-state index in [2.05, 4.69) is 22.9 Å². The standard InChI is InChI=1S/C11H18BrNO/c1-2-3-4-5-6-10(13)9-7-8-14-11(9)12/h7-8,10H,2-6,13H2,1H3. The molecule has 0 amide bonds. The fourth-order valence-electron chi connectivity index (χ4n) is 1.52. The molecule has 0 saturated heterocycles. The minimum atomic E-state index is 0.111. The van der Waals surface area contributed by atoms with Crippen molar-refractivity contribution in [2.45, 2.75) is 45.1 Å². The van der Waals surface area contributed by atoms with Crippen molar-refractivity contribution in [2.24, 2.45) is 5.73 Å². The Balaban J connectivity index is 2.28. The summed E-state index contributed by atoms with van der Waals surface area (Å²) in [5.41, 5.74) is 7.12. The highest BCUT2D eigenvalue weighted by atomic mass is 79.9. The third kappa shape index (κ3) is 3.46. The van der Waals surface area contributed by atoms with Crippen LogP contribution in [0.25, 0.3) is 0 Å². The van der Waals surface area contributed by atoms with Crippen LogP contribution in [0.3, 0.4) is 0 Å². The summed E-state index contributed by atoms with van der Waals surface area (Å²) in [6, 6.07) is 2.05. The normalized spacial score (nSPS) is 13.1. The van der Waals surface area contributed by atoms with E-state index < -0.39 is 0 Å². The van der Waals surface area contributed by atoms with Crippen molar-refractivity contribution in [3.63, 3.8) is 0 Å². The van der Waals surface area contributed by atoms with E-state index in [9.17, 15) is 0 Å². The second kappa shape index (κ2) is 6.25. The third-order valence-corrected chi connectivity index (χ3v) is 3.06. The van der Waals surface area contributed by atoms with E-state index in [0.717, 1.165) is 16.7 Å². The van der Waals surface area contributed by atoms with E-state index in [1.165, 1.54) is 25.7 Å². The second-order valence-corrected chi connectivity index (χ2v) is 4.33. The van der Waals surface area contributed by atoms with Crippen LogP contribution >= 0.6 is 15.9 Å². The number of rotatable bonds is 6. The second-order valence-electron chi connectivity index (χ2n) is 3.61. The lowest BCUT2D eigenvalue weighted by Gasteiger charge is -2.09. The van der Waals surface area contributed by atoms with Crippen molar-refractivity contribution in [3.05, 3.63) is 22.6 Å². The SMILES string of the molecule is CCCCCCC(N)c1ccoc1Br. The van der Waals surface area contributed by atoms with Gasteiger partial charge in [0.05, 0.1) is 6.26 Å². The lowest BCUT2D eigenvalue weighted by molar-refractivity contribution is 0.519. The molecule has 0 spiro atoms. The molecule has 2 nitrogen and oxygen atoms in total. The van der Waals surface area contributed by atoms with Gasteiger partial charge in [0.15, 0.2) is 4.67 Å². The van der Waals surface area contributed by atoms with Gasteiger partial charge in [0, 0.05) is 11.6 Å². The van der Waals surface area contributed by atoms with Gasteiger partial charge in [-0.1, -0.05) is 32.6 Å². The molecular weight excluding hydrogens is 242 g/mol. The number of furan rings is 1. The average molecular weight is 260 g/mol. The summed E-state index contributed by atoms with van der Waals surface area (Å²) in [7, 11) is 0. The van der Waals surface area contributed by atoms with E-state index in [0.29, 0.717) is 0 Å².